The Hall–Kier alpha value is -0.600. The third kappa shape index (κ3) is 3.20. The summed E-state index contributed by atoms with van der Waals surface area (Å²) in [5.74, 6) is 1.18. The van der Waals surface area contributed by atoms with Crippen LogP contribution in [0.1, 0.15) is 25.8 Å². The average Bonchev–Trinajstić information content (AvgIpc) is 2.22. The average molecular weight is 256 g/mol. The molecule has 0 aromatic heterocycles. The maximum atomic E-state index is 13.7. The Labute approximate surface area is 108 Å². The molecule has 0 spiro atoms. The molecule has 1 heterocycles. The van der Waals surface area contributed by atoms with E-state index in [0.29, 0.717) is 29.0 Å². The van der Waals surface area contributed by atoms with Crippen molar-refractivity contribution < 1.29 is 4.39 Å². The molecule has 1 aliphatic heterocycles. The minimum Gasteiger partial charge on any atom is -0.298 e. The third-order valence-corrected chi connectivity index (χ3v) is 3.74. The van der Waals surface area contributed by atoms with Crippen LogP contribution in [-0.2, 0) is 6.54 Å². The van der Waals surface area contributed by atoms with Crippen LogP contribution in [0.4, 0.5) is 4.39 Å². The number of rotatable bonds is 2. The highest BCUT2D eigenvalue weighted by Crippen LogP contribution is 2.26. The van der Waals surface area contributed by atoms with Gasteiger partial charge in [-0.05, 0) is 30.4 Å². The molecule has 0 amide bonds. The predicted molar refractivity (Wildman–Crippen MR) is 69.6 cm³/mol. The van der Waals surface area contributed by atoms with Crippen LogP contribution in [0.15, 0.2) is 18.2 Å². The lowest BCUT2D eigenvalue weighted by molar-refractivity contribution is 0.133. The van der Waals surface area contributed by atoms with Gasteiger partial charge in [-0.25, -0.2) is 4.39 Å². The van der Waals surface area contributed by atoms with Crippen LogP contribution in [0, 0.1) is 17.7 Å². The van der Waals surface area contributed by atoms with E-state index in [2.05, 4.69) is 18.7 Å². The van der Waals surface area contributed by atoms with Gasteiger partial charge in [0.25, 0.3) is 0 Å². The topological polar surface area (TPSA) is 3.24 Å². The highest BCUT2D eigenvalue weighted by atomic mass is 35.5. The summed E-state index contributed by atoms with van der Waals surface area (Å²) in [5.41, 5.74) is 0.635. The van der Waals surface area contributed by atoms with E-state index in [1.165, 1.54) is 12.5 Å². The summed E-state index contributed by atoms with van der Waals surface area (Å²) in [7, 11) is 0. The number of hydrogen-bond acceptors (Lipinski definition) is 1. The summed E-state index contributed by atoms with van der Waals surface area (Å²) in [4.78, 5) is 2.31. The molecular weight excluding hydrogens is 237 g/mol. The molecule has 1 nitrogen and oxygen atoms in total. The van der Waals surface area contributed by atoms with Gasteiger partial charge in [-0.15, -0.1) is 0 Å². The second-order valence-corrected chi connectivity index (χ2v) is 5.75. The van der Waals surface area contributed by atoms with Gasteiger partial charge in [0.2, 0.25) is 0 Å². The normalized spacial score (nSPS) is 26.1. The number of likely N-dealkylation sites (tertiary alicyclic amines) is 1. The molecule has 0 N–H and O–H groups in total. The van der Waals surface area contributed by atoms with Crippen molar-refractivity contribution in [1.82, 2.24) is 4.90 Å². The Morgan fingerprint density at radius 1 is 1.29 bits per heavy atom. The molecular formula is C14H19ClFN. The SMILES string of the molecule is CC1CC(C)CN(Cc2c(F)cccc2Cl)C1. The molecule has 1 aliphatic rings. The molecule has 2 atom stereocenters. The van der Waals surface area contributed by atoms with E-state index in [9.17, 15) is 4.39 Å². The molecule has 0 saturated carbocycles. The number of halogens is 2. The van der Waals surface area contributed by atoms with Gasteiger partial charge in [0.1, 0.15) is 5.82 Å². The summed E-state index contributed by atoms with van der Waals surface area (Å²) in [6.45, 7) is 7.21. The van der Waals surface area contributed by atoms with Crippen molar-refractivity contribution in [2.45, 2.75) is 26.8 Å². The van der Waals surface area contributed by atoms with E-state index >= 15 is 0 Å². The van der Waals surface area contributed by atoms with Crippen LogP contribution in [0.5, 0.6) is 0 Å². The van der Waals surface area contributed by atoms with Crippen molar-refractivity contribution >= 4 is 11.6 Å². The molecule has 94 valence electrons. The molecule has 0 aliphatic carbocycles. The van der Waals surface area contributed by atoms with Crippen molar-refractivity contribution in [3.63, 3.8) is 0 Å². The van der Waals surface area contributed by atoms with Gasteiger partial charge in [0.15, 0.2) is 0 Å². The smallest absolute Gasteiger partial charge is 0.129 e. The number of hydrogen-bond donors (Lipinski definition) is 0. The monoisotopic (exact) mass is 255 g/mol. The van der Waals surface area contributed by atoms with Crippen LogP contribution in [0.25, 0.3) is 0 Å². The first-order chi connectivity index (χ1) is 8.06. The molecule has 0 radical (unpaired) electrons. The van der Waals surface area contributed by atoms with E-state index in [1.54, 1.807) is 12.1 Å². The number of piperidine rings is 1. The van der Waals surface area contributed by atoms with Crippen molar-refractivity contribution in [3.8, 4) is 0 Å². The Balaban J connectivity index is 2.10. The second kappa shape index (κ2) is 5.36. The molecule has 2 unspecified atom stereocenters. The highest BCUT2D eigenvalue weighted by molar-refractivity contribution is 6.31. The second-order valence-electron chi connectivity index (χ2n) is 5.34. The van der Waals surface area contributed by atoms with Gasteiger partial charge < -0.3 is 0 Å². The largest absolute Gasteiger partial charge is 0.298 e. The van der Waals surface area contributed by atoms with Gasteiger partial charge >= 0.3 is 0 Å². The van der Waals surface area contributed by atoms with E-state index in [1.807, 2.05) is 0 Å². The summed E-state index contributed by atoms with van der Waals surface area (Å²) in [5, 5.41) is 0.538. The van der Waals surface area contributed by atoms with Gasteiger partial charge in [-0.3, -0.25) is 4.90 Å². The van der Waals surface area contributed by atoms with Crippen LogP contribution in [0.2, 0.25) is 5.02 Å². The van der Waals surface area contributed by atoms with E-state index in [4.69, 9.17) is 11.6 Å². The Morgan fingerprint density at radius 3 is 2.53 bits per heavy atom. The Morgan fingerprint density at radius 2 is 1.94 bits per heavy atom. The summed E-state index contributed by atoms with van der Waals surface area (Å²) < 4.78 is 13.7. The van der Waals surface area contributed by atoms with E-state index in [-0.39, 0.29) is 5.82 Å². The molecule has 1 aromatic carbocycles. The predicted octanol–water partition coefficient (Wildman–Crippen LogP) is 3.96. The molecule has 17 heavy (non-hydrogen) atoms. The van der Waals surface area contributed by atoms with Crippen LogP contribution >= 0.6 is 11.6 Å². The zero-order chi connectivity index (χ0) is 12.4. The first-order valence-electron chi connectivity index (χ1n) is 6.21. The molecule has 1 saturated heterocycles. The fourth-order valence-corrected chi connectivity index (χ4v) is 3.05. The van der Waals surface area contributed by atoms with Crippen molar-refractivity contribution in [2.75, 3.05) is 13.1 Å². The van der Waals surface area contributed by atoms with Crippen LogP contribution in [-0.4, -0.2) is 18.0 Å². The van der Waals surface area contributed by atoms with Crippen molar-refractivity contribution in [2.24, 2.45) is 11.8 Å². The molecule has 1 aromatic rings. The van der Waals surface area contributed by atoms with Gasteiger partial charge in [-0.1, -0.05) is 31.5 Å². The lowest BCUT2D eigenvalue weighted by Crippen LogP contribution is -2.38. The zero-order valence-electron chi connectivity index (χ0n) is 10.4. The minimum atomic E-state index is -0.191. The van der Waals surface area contributed by atoms with E-state index in [0.717, 1.165) is 13.1 Å². The van der Waals surface area contributed by atoms with Crippen LogP contribution in [0.3, 0.4) is 0 Å². The van der Waals surface area contributed by atoms with Gasteiger partial charge in [0.05, 0.1) is 0 Å². The molecule has 1 fully saturated rings. The molecule has 3 heteroatoms. The van der Waals surface area contributed by atoms with E-state index < -0.39 is 0 Å². The maximum Gasteiger partial charge on any atom is 0.129 e. The first kappa shape index (κ1) is 12.8. The van der Waals surface area contributed by atoms with Gasteiger partial charge in [-0.2, -0.15) is 0 Å². The quantitative estimate of drug-likeness (QED) is 0.773. The lowest BCUT2D eigenvalue weighted by Gasteiger charge is -2.35. The summed E-state index contributed by atoms with van der Waals surface area (Å²) in [6.07, 6.45) is 1.27. The third-order valence-electron chi connectivity index (χ3n) is 3.39. The highest BCUT2D eigenvalue weighted by Gasteiger charge is 2.23. The van der Waals surface area contributed by atoms with Crippen LogP contribution < -0.4 is 0 Å². The van der Waals surface area contributed by atoms with Crippen molar-refractivity contribution in [1.29, 1.82) is 0 Å². The summed E-state index contributed by atoms with van der Waals surface area (Å²) >= 11 is 6.05. The number of nitrogens with zero attached hydrogens (tertiary/aromatic N) is 1. The fraction of sp³-hybridized carbons (Fsp3) is 0.571. The standard InChI is InChI=1S/C14H19ClFN/c1-10-6-11(2)8-17(7-10)9-12-13(15)4-3-5-14(12)16/h3-5,10-11H,6-9H2,1-2H3. The Kier molecular flexibility index (Phi) is 4.05. The lowest BCUT2D eigenvalue weighted by atomic mass is 9.91. The van der Waals surface area contributed by atoms with Gasteiger partial charge in [0, 0.05) is 30.2 Å². The molecule has 0 bridgehead atoms. The molecule has 2 rings (SSSR count). The zero-order valence-corrected chi connectivity index (χ0v) is 11.2. The first-order valence-corrected chi connectivity index (χ1v) is 6.59. The number of benzene rings is 1. The van der Waals surface area contributed by atoms with Crippen molar-refractivity contribution in [3.05, 3.63) is 34.6 Å². The maximum absolute atomic E-state index is 13.7. The summed E-state index contributed by atoms with van der Waals surface area (Å²) in [6, 6.07) is 4.90. The fourth-order valence-electron chi connectivity index (χ4n) is 2.83. The minimum absolute atomic E-state index is 0.191. The Bertz CT molecular complexity index is 364.